The second-order valence-electron chi connectivity index (χ2n) is 7.66. The molecule has 3 rings (SSSR count). The van der Waals surface area contributed by atoms with Gasteiger partial charge < -0.3 is 0 Å². The van der Waals surface area contributed by atoms with Gasteiger partial charge in [0.25, 0.3) is 0 Å². The third kappa shape index (κ3) is 4.74. The molecule has 1 aliphatic rings. The first-order valence-electron chi connectivity index (χ1n) is 10.5. The van der Waals surface area contributed by atoms with Gasteiger partial charge in [-0.2, -0.15) is 0 Å². The van der Waals surface area contributed by atoms with E-state index in [0.29, 0.717) is 22.3 Å². The Morgan fingerprint density at radius 1 is 0.593 bits per heavy atom. The molecule has 2 aromatic rings. The van der Waals surface area contributed by atoms with E-state index in [1.54, 1.807) is 12.1 Å². The number of unbranched alkanes of at least 4 members (excludes halogenated alkanes) is 8. The largest absolute Gasteiger partial charge is 0.289 e. The molecule has 1 aliphatic carbocycles. The number of hydrogen-bond acceptors (Lipinski definition) is 2. The minimum atomic E-state index is -0.0326. The highest BCUT2D eigenvalue weighted by Crippen LogP contribution is 2.28. The Bertz CT molecular complexity index is 804. The normalized spacial score (nSPS) is 12.8. The molecule has 0 fully saturated rings. The highest BCUT2D eigenvalue weighted by Gasteiger charge is 2.29. The van der Waals surface area contributed by atoms with Crippen LogP contribution in [0.15, 0.2) is 42.5 Å². The number of aryl methyl sites for hydroxylation is 1. The van der Waals surface area contributed by atoms with Gasteiger partial charge in [0.1, 0.15) is 0 Å². The molecule has 0 atom stereocenters. The molecule has 2 aromatic carbocycles. The van der Waals surface area contributed by atoms with Gasteiger partial charge in [0, 0.05) is 22.3 Å². The molecule has 2 nitrogen and oxygen atoms in total. The zero-order valence-electron chi connectivity index (χ0n) is 16.4. The SMILES string of the molecule is CCCCCCCCCCCc1ccc2c(c1)C(=O)c1ccccc1C2=O. The molecule has 0 saturated carbocycles. The number of rotatable bonds is 10. The molecule has 0 spiro atoms. The lowest BCUT2D eigenvalue weighted by atomic mass is 9.83. The lowest BCUT2D eigenvalue weighted by Crippen LogP contribution is -2.20. The van der Waals surface area contributed by atoms with Gasteiger partial charge in [0.15, 0.2) is 11.6 Å². The standard InChI is InChI=1S/C25H30O2/c1-2-3-4-5-6-7-8-9-10-13-19-16-17-22-23(18-19)25(27)21-15-12-11-14-20(21)24(22)26/h11-12,14-18H,2-10,13H2,1H3. The van der Waals surface area contributed by atoms with Gasteiger partial charge in [0.05, 0.1) is 0 Å². The fraction of sp³-hybridized carbons (Fsp3) is 0.440. The van der Waals surface area contributed by atoms with Gasteiger partial charge in [-0.25, -0.2) is 0 Å². The molecule has 0 aromatic heterocycles. The van der Waals surface area contributed by atoms with E-state index in [-0.39, 0.29) is 11.6 Å². The number of carbonyl (C=O) groups excluding carboxylic acids is 2. The van der Waals surface area contributed by atoms with Crippen molar-refractivity contribution < 1.29 is 9.59 Å². The van der Waals surface area contributed by atoms with Gasteiger partial charge in [-0.1, -0.05) is 94.7 Å². The maximum atomic E-state index is 12.8. The first kappa shape index (κ1) is 19.5. The second-order valence-corrected chi connectivity index (χ2v) is 7.66. The van der Waals surface area contributed by atoms with Crippen LogP contribution in [0.1, 0.15) is 102 Å². The average molecular weight is 363 g/mol. The van der Waals surface area contributed by atoms with Gasteiger partial charge in [0.2, 0.25) is 0 Å². The summed E-state index contributed by atoms with van der Waals surface area (Å²) in [7, 11) is 0. The van der Waals surface area contributed by atoms with Crippen LogP contribution in [0.3, 0.4) is 0 Å². The predicted molar refractivity (Wildman–Crippen MR) is 111 cm³/mol. The van der Waals surface area contributed by atoms with Crippen LogP contribution in [0.5, 0.6) is 0 Å². The van der Waals surface area contributed by atoms with Crippen molar-refractivity contribution in [3.63, 3.8) is 0 Å². The van der Waals surface area contributed by atoms with Crippen LogP contribution in [0.4, 0.5) is 0 Å². The van der Waals surface area contributed by atoms with Crippen LogP contribution in [-0.2, 0) is 6.42 Å². The first-order chi connectivity index (χ1) is 13.2. The number of hydrogen-bond donors (Lipinski definition) is 0. The van der Waals surface area contributed by atoms with E-state index in [1.165, 1.54) is 51.4 Å². The Labute approximate surface area is 163 Å². The minimum Gasteiger partial charge on any atom is -0.289 e. The summed E-state index contributed by atoms with van der Waals surface area (Å²) in [4.78, 5) is 25.4. The monoisotopic (exact) mass is 362 g/mol. The number of benzene rings is 2. The highest BCUT2D eigenvalue weighted by molar-refractivity contribution is 6.28. The summed E-state index contributed by atoms with van der Waals surface area (Å²) in [5.74, 6) is -0.0519. The van der Waals surface area contributed by atoms with Crippen molar-refractivity contribution in [1.29, 1.82) is 0 Å². The molecule has 0 aliphatic heterocycles. The molecule has 2 heteroatoms. The van der Waals surface area contributed by atoms with Gasteiger partial charge in [-0.05, 0) is 24.5 Å². The molecule has 0 saturated heterocycles. The first-order valence-corrected chi connectivity index (χ1v) is 10.5. The van der Waals surface area contributed by atoms with Gasteiger partial charge in [-0.3, -0.25) is 9.59 Å². The Kier molecular flexibility index (Phi) is 6.98. The predicted octanol–water partition coefficient (Wildman–Crippen LogP) is 6.54. The summed E-state index contributed by atoms with van der Waals surface area (Å²) >= 11 is 0. The molecule has 142 valence electrons. The van der Waals surface area contributed by atoms with Crippen molar-refractivity contribution in [1.82, 2.24) is 0 Å². The summed E-state index contributed by atoms with van der Waals surface area (Å²) in [6.45, 7) is 2.25. The van der Waals surface area contributed by atoms with Crippen LogP contribution < -0.4 is 0 Å². The lowest BCUT2D eigenvalue weighted by molar-refractivity contribution is 0.0979. The van der Waals surface area contributed by atoms with Crippen LogP contribution in [-0.4, -0.2) is 11.6 Å². The summed E-state index contributed by atoms with van der Waals surface area (Å²) < 4.78 is 0. The zero-order valence-corrected chi connectivity index (χ0v) is 16.4. The number of ketones is 2. The summed E-state index contributed by atoms with van der Waals surface area (Å²) in [6.07, 6.45) is 12.8. The molecule has 0 heterocycles. The molecule has 0 radical (unpaired) electrons. The molecular formula is C25H30O2. The van der Waals surface area contributed by atoms with E-state index >= 15 is 0 Å². The summed E-state index contributed by atoms with van der Waals surface area (Å²) in [5.41, 5.74) is 3.36. The molecule has 0 amide bonds. The van der Waals surface area contributed by atoms with E-state index < -0.39 is 0 Å². The Morgan fingerprint density at radius 3 is 1.74 bits per heavy atom. The van der Waals surface area contributed by atoms with Gasteiger partial charge in [-0.15, -0.1) is 0 Å². The second kappa shape index (κ2) is 9.64. The van der Waals surface area contributed by atoms with Crippen LogP contribution >= 0.6 is 0 Å². The van der Waals surface area contributed by atoms with Crippen LogP contribution in [0.25, 0.3) is 0 Å². The number of carbonyl (C=O) groups is 2. The topological polar surface area (TPSA) is 34.1 Å². The fourth-order valence-corrected chi connectivity index (χ4v) is 3.94. The van der Waals surface area contributed by atoms with Crippen molar-refractivity contribution in [3.8, 4) is 0 Å². The van der Waals surface area contributed by atoms with E-state index in [4.69, 9.17) is 0 Å². The van der Waals surface area contributed by atoms with E-state index in [2.05, 4.69) is 6.92 Å². The lowest BCUT2D eigenvalue weighted by Gasteiger charge is -2.18. The Morgan fingerprint density at radius 2 is 1.11 bits per heavy atom. The Balaban J connectivity index is 1.51. The molecule has 0 N–H and O–H groups in total. The highest BCUT2D eigenvalue weighted by atomic mass is 16.1. The number of fused-ring (bicyclic) bond motifs is 2. The smallest absolute Gasteiger partial charge is 0.194 e. The molecular weight excluding hydrogens is 332 g/mol. The van der Waals surface area contributed by atoms with Crippen LogP contribution in [0.2, 0.25) is 0 Å². The summed E-state index contributed by atoms with van der Waals surface area (Å²) in [5, 5.41) is 0. The van der Waals surface area contributed by atoms with Crippen LogP contribution in [0, 0.1) is 0 Å². The van der Waals surface area contributed by atoms with Crippen molar-refractivity contribution in [3.05, 3.63) is 70.3 Å². The third-order valence-corrected chi connectivity index (χ3v) is 5.56. The maximum Gasteiger partial charge on any atom is 0.194 e. The minimum absolute atomic E-state index is 0.0193. The van der Waals surface area contributed by atoms with Crippen molar-refractivity contribution in [2.45, 2.75) is 71.1 Å². The molecule has 27 heavy (non-hydrogen) atoms. The molecule has 0 unspecified atom stereocenters. The maximum absolute atomic E-state index is 12.8. The van der Waals surface area contributed by atoms with Crippen molar-refractivity contribution in [2.75, 3.05) is 0 Å². The van der Waals surface area contributed by atoms with Crippen molar-refractivity contribution in [2.24, 2.45) is 0 Å². The average Bonchev–Trinajstić information content (AvgIpc) is 2.70. The molecule has 0 bridgehead atoms. The third-order valence-electron chi connectivity index (χ3n) is 5.56. The van der Waals surface area contributed by atoms with E-state index in [9.17, 15) is 9.59 Å². The van der Waals surface area contributed by atoms with Gasteiger partial charge >= 0.3 is 0 Å². The van der Waals surface area contributed by atoms with E-state index in [1.807, 2.05) is 30.3 Å². The summed E-state index contributed by atoms with van der Waals surface area (Å²) in [6, 6.07) is 12.9. The fourth-order valence-electron chi connectivity index (χ4n) is 3.94. The quantitative estimate of drug-likeness (QED) is 0.384. The Hall–Kier alpha value is -2.22. The van der Waals surface area contributed by atoms with E-state index in [0.717, 1.165) is 18.4 Å². The zero-order chi connectivity index (χ0) is 19.1. The van der Waals surface area contributed by atoms with Crippen molar-refractivity contribution >= 4 is 11.6 Å².